The van der Waals surface area contributed by atoms with Crippen LogP contribution < -0.4 is 5.43 Å². The monoisotopic (exact) mass is 408 g/mol. The van der Waals surface area contributed by atoms with Crippen LogP contribution >= 0.6 is 0 Å². The first-order chi connectivity index (χ1) is 14.0. The van der Waals surface area contributed by atoms with Gasteiger partial charge in [-0.05, 0) is 76.9 Å². The minimum absolute atomic E-state index is 0.237. The molecule has 0 radical (unpaired) electrons. The molecule has 5 nitrogen and oxygen atoms in total. The molecule has 0 aliphatic carbocycles. The number of ether oxygens (including phenoxy) is 1. The first-order valence-corrected chi connectivity index (χ1v) is 9.97. The van der Waals surface area contributed by atoms with Crippen LogP contribution in [0.2, 0.25) is 0 Å². The van der Waals surface area contributed by atoms with Crippen molar-refractivity contribution < 1.29 is 14.3 Å². The van der Waals surface area contributed by atoms with E-state index < -0.39 is 5.54 Å². The summed E-state index contributed by atoms with van der Waals surface area (Å²) in [7, 11) is 1.62. The Kier molecular flexibility index (Phi) is 7.21. The molecular formula is C25H32N2O3. The van der Waals surface area contributed by atoms with Gasteiger partial charge in [0.2, 0.25) is 0 Å². The lowest BCUT2D eigenvalue weighted by Crippen LogP contribution is -2.55. The lowest BCUT2D eigenvalue weighted by molar-refractivity contribution is 0.0358. The summed E-state index contributed by atoms with van der Waals surface area (Å²) in [5.74, 6) is -0.591. The third-order valence-electron chi connectivity index (χ3n) is 4.86. The second-order valence-corrected chi connectivity index (χ2v) is 8.59. The summed E-state index contributed by atoms with van der Waals surface area (Å²) in [6, 6.07) is 11.1. The zero-order valence-corrected chi connectivity index (χ0v) is 19.0. The number of hydrazine groups is 1. The molecule has 0 saturated heterocycles. The quantitative estimate of drug-likeness (QED) is 0.555. The van der Waals surface area contributed by atoms with Crippen LogP contribution in [0.3, 0.4) is 0 Å². The molecule has 0 aliphatic rings. The zero-order valence-electron chi connectivity index (χ0n) is 19.0. The average Bonchev–Trinajstić information content (AvgIpc) is 2.65. The van der Waals surface area contributed by atoms with E-state index in [0.717, 1.165) is 22.3 Å². The molecule has 1 atom stereocenters. The molecule has 30 heavy (non-hydrogen) atoms. The highest BCUT2D eigenvalue weighted by Gasteiger charge is 2.30. The number of methoxy groups -OCH3 is 1. The van der Waals surface area contributed by atoms with Gasteiger partial charge in [0.15, 0.2) is 0 Å². The fraction of sp³-hybridized carbons (Fsp3) is 0.360. The normalized spacial score (nSPS) is 12.2. The molecule has 0 bridgehead atoms. The molecule has 0 heterocycles. The summed E-state index contributed by atoms with van der Waals surface area (Å²) in [5, 5.41) is 1.40. The van der Waals surface area contributed by atoms with Crippen molar-refractivity contribution in [1.29, 1.82) is 0 Å². The van der Waals surface area contributed by atoms with Crippen LogP contribution in [0.15, 0.2) is 49.1 Å². The highest BCUT2D eigenvalue weighted by Crippen LogP contribution is 2.23. The summed E-state index contributed by atoms with van der Waals surface area (Å²) in [4.78, 5) is 26.2. The summed E-state index contributed by atoms with van der Waals surface area (Å²) >= 11 is 0. The van der Waals surface area contributed by atoms with Gasteiger partial charge in [-0.3, -0.25) is 15.0 Å². The summed E-state index contributed by atoms with van der Waals surface area (Å²) in [6.45, 7) is 15.3. The maximum Gasteiger partial charge on any atom is 0.272 e. The molecule has 0 fully saturated rings. The number of aryl methyl sites for hydroxylation is 3. The third-order valence-corrected chi connectivity index (χ3v) is 4.86. The molecule has 1 N–H and O–H groups in total. The third kappa shape index (κ3) is 5.36. The number of hydrogen-bond acceptors (Lipinski definition) is 3. The van der Waals surface area contributed by atoms with E-state index in [-0.39, 0.29) is 17.9 Å². The number of nitrogens with one attached hydrogen (secondary N) is 1. The Balaban J connectivity index is 2.33. The summed E-state index contributed by atoms with van der Waals surface area (Å²) in [5.41, 5.74) is 7.08. The smallest absolute Gasteiger partial charge is 0.272 e. The first kappa shape index (κ1) is 23.4. The van der Waals surface area contributed by atoms with Crippen LogP contribution in [0.1, 0.15) is 69.8 Å². The number of amides is 2. The summed E-state index contributed by atoms with van der Waals surface area (Å²) in [6.07, 6.45) is 1.48. The maximum absolute atomic E-state index is 13.2. The first-order valence-electron chi connectivity index (χ1n) is 9.97. The molecule has 1 unspecified atom stereocenters. The van der Waals surface area contributed by atoms with Crippen molar-refractivity contribution in [2.24, 2.45) is 0 Å². The predicted octanol–water partition coefficient (Wildman–Crippen LogP) is 5.07. The number of nitrogens with zero attached hydrogens (tertiary/aromatic N) is 1. The molecule has 0 aliphatic heterocycles. The molecule has 2 rings (SSSR count). The number of carbonyl (C=O) groups is 2. The van der Waals surface area contributed by atoms with Crippen LogP contribution in [0.4, 0.5) is 0 Å². The van der Waals surface area contributed by atoms with Gasteiger partial charge in [0.05, 0.1) is 5.54 Å². The second-order valence-electron chi connectivity index (χ2n) is 8.59. The molecule has 2 aromatic carbocycles. The topological polar surface area (TPSA) is 58.6 Å². The molecule has 0 saturated carbocycles. The Bertz CT molecular complexity index is 937. The van der Waals surface area contributed by atoms with E-state index in [2.05, 4.69) is 12.0 Å². The van der Waals surface area contributed by atoms with Crippen molar-refractivity contribution in [3.05, 3.63) is 82.4 Å². The van der Waals surface area contributed by atoms with Crippen molar-refractivity contribution >= 4 is 11.8 Å². The SMILES string of the molecule is C=CC(OC)c1ccc(C(=O)NN(C(=O)c2cc(C)cc(C)c2)C(C)(C)C)cc1C. The van der Waals surface area contributed by atoms with Crippen molar-refractivity contribution in [3.63, 3.8) is 0 Å². The number of rotatable bonds is 5. The molecule has 2 aromatic rings. The fourth-order valence-electron chi connectivity index (χ4n) is 3.40. The minimum atomic E-state index is -0.608. The predicted molar refractivity (Wildman–Crippen MR) is 120 cm³/mol. The molecular weight excluding hydrogens is 376 g/mol. The molecule has 160 valence electrons. The Morgan fingerprint density at radius 1 is 1.03 bits per heavy atom. The van der Waals surface area contributed by atoms with Gasteiger partial charge in [0, 0.05) is 18.2 Å². The fourth-order valence-corrected chi connectivity index (χ4v) is 3.40. The highest BCUT2D eigenvalue weighted by atomic mass is 16.5. The molecule has 0 aromatic heterocycles. The van der Waals surface area contributed by atoms with Crippen molar-refractivity contribution in [2.45, 2.75) is 53.2 Å². The van der Waals surface area contributed by atoms with E-state index in [4.69, 9.17) is 4.74 Å². The van der Waals surface area contributed by atoms with Gasteiger partial charge < -0.3 is 4.74 Å². The van der Waals surface area contributed by atoms with Crippen LogP contribution in [0, 0.1) is 20.8 Å². The zero-order chi connectivity index (χ0) is 22.6. The Morgan fingerprint density at radius 3 is 2.10 bits per heavy atom. The van der Waals surface area contributed by atoms with Gasteiger partial charge in [-0.2, -0.15) is 0 Å². The van der Waals surface area contributed by atoms with E-state index in [1.54, 1.807) is 25.3 Å². The Hall–Kier alpha value is -2.92. The number of carbonyl (C=O) groups excluding carboxylic acids is 2. The van der Waals surface area contributed by atoms with Crippen LogP contribution in [-0.4, -0.2) is 29.5 Å². The van der Waals surface area contributed by atoms with Gasteiger partial charge in [-0.25, -0.2) is 5.01 Å². The highest BCUT2D eigenvalue weighted by molar-refractivity contribution is 5.99. The lowest BCUT2D eigenvalue weighted by atomic mass is 10.00. The largest absolute Gasteiger partial charge is 0.373 e. The van der Waals surface area contributed by atoms with Crippen LogP contribution in [-0.2, 0) is 4.74 Å². The second kappa shape index (κ2) is 9.26. The number of benzene rings is 2. The lowest BCUT2D eigenvalue weighted by Gasteiger charge is -2.35. The van der Waals surface area contributed by atoms with Gasteiger partial charge in [-0.15, -0.1) is 6.58 Å². The number of hydrogen-bond donors (Lipinski definition) is 1. The van der Waals surface area contributed by atoms with Crippen LogP contribution in [0.25, 0.3) is 0 Å². The van der Waals surface area contributed by atoms with Crippen molar-refractivity contribution in [2.75, 3.05) is 7.11 Å². The van der Waals surface area contributed by atoms with Crippen LogP contribution in [0.5, 0.6) is 0 Å². The maximum atomic E-state index is 13.2. The summed E-state index contributed by atoms with van der Waals surface area (Å²) < 4.78 is 5.40. The van der Waals surface area contributed by atoms with Gasteiger partial charge >= 0.3 is 0 Å². The van der Waals surface area contributed by atoms with E-state index in [0.29, 0.717) is 11.1 Å². The van der Waals surface area contributed by atoms with Gasteiger partial charge in [-0.1, -0.05) is 29.3 Å². The standard InChI is InChI=1S/C25H32N2O3/c1-9-22(30-8)21-11-10-19(15-18(21)4)23(28)26-27(25(5,6)7)24(29)20-13-16(2)12-17(3)14-20/h9-15,22H,1H2,2-8H3,(H,26,28). The average molecular weight is 409 g/mol. The van der Waals surface area contributed by atoms with Crippen molar-refractivity contribution in [3.8, 4) is 0 Å². The minimum Gasteiger partial charge on any atom is -0.373 e. The Morgan fingerprint density at radius 2 is 1.63 bits per heavy atom. The molecule has 2 amide bonds. The van der Waals surface area contributed by atoms with E-state index in [9.17, 15) is 9.59 Å². The molecule has 0 spiro atoms. The van der Waals surface area contributed by atoms with E-state index in [1.165, 1.54) is 5.01 Å². The van der Waals surface area contributed by atoms with Crippen molar-refractivity contribution in [1.82, 2.24) is 10.4 Å². The Labute approximate surface area is 179 Å². The van der Waals surface area contributed by atoms with E-state index in [1.807, 2.05) is 65.8 Å². The molecule has 5 heteroatoms. The van der Waals surface area contributed by atoms with E-state index >= 15 is 0 Å². The van der Waals surface area contributed by atoms with Gasteiger partial charge in [0.1, 0.15) is 6.10 Å². The van der Waals surface area contributed by atoms with Gasteiger partial charge in [0.25, 0.3) is 11.8 Å².